The quantitative estimate of drug-likeness (QED) is 0.750. The van der Waals surface area contributed by atoms with Crippen molar-refractivity contribution in [2.24, 2.45) is 0 Å². The SMILES string of the molecule is CCS(=O)(=O)c1ccc(C2(C=O)COC2)cc1. The molecular formula is C12H14O4S. The maximum Gasteiger partial charge on any atom is 0.178 e. The van der Waals surface area contributed by atoms with Crippen molar-refractivity contribution in [3.8, 4) is 0 Å². The highest BCUT2D eigenvalue weighted by Crippen LogP contribution is 2.30. The number of rotatable bonds is 4. The summed E-state index contributed by atoms with van der Waals surface area (Å²) in [6.45, 7) is 2.35. The fourth-order valence-electron chi connectivity index (χ4n) is 1.79. The molecule has 0 aromatic heterocycles. The normalized spacial score (nSPS) is 18.4. The molecule has 0 N–H and O–H groups in total. The molecule has 0 radical (unpaired) electrons. The topological polar surface area (TPSA) is 60.4 Å². The van der Waals surface area contributed by atoms with Crippen molar-refractivity contribution in [1.29, 1.82) is 0 Å². The van der Waals surface area contributed by atoms with Crippen LogP contribution in [0.1, 0.15) is 12.5 Å². The molecular weight excluding hydrogens is 240 g/mol. The van der Waals surface area contributed by atoms with E-state index in [1.807, 2.05) is 0 Å². The average Bonchev–Trinajstić information content (AvgIpc) is 2.29. The Kier molecular flexibility index (Phi) is 3.05. The van der Waals surface area contributed by atoms with Crippen LogP contribution in [-0.2, 0) is 24.8 Å². The third-order valence-electron chi connectivity index (χ3n) is 3.11. The Morgan fingerprint density at radius 2 is 1.88 bits per heavy atom. The van der Waals surface area contributed by atoms with Crippen molar-refractivity contribution in [3.63, 3.8) is 0 Å². The van der Waals surface area contributed by atoms with Gasteiger partial charge in [-0.25, -0.2) is 8.42 Å². The van der Waals surface area contributed by atoms with Crippen LogP contribution in [0.3, 0.4) is 0 Å². The van der Waals surface area contributed by atoms with Crippen LogP contribution in [0.4, 0.5) is 0 Å². The van der Waals surface area contributed by atoms with Crippen molar-refractivity contribution in [3.05, 3.63) is 29.8 Å². The molecule has 0 atom stereocenters. The summed E-state index contributed by atoms with van der Waals surface area (Å²) in [7, 11) is -3.18. The first-order valence-electron chi connectivity index (χ1n) is 5.41. The predicted molar refractivity (Wildman–Crippen MR) is 62.7 cm³/mol. The molecule has 1 heterocycles. The van der Waals surface area contributed by atoms with E-state index in [-0.39, 0.29) is 5.75 Å². The molecule has 0 amide bonds. The summed E-state index contributed by atoms with van der Waals surface area (Å²) in [6, 6.07) is 6.49. The van der Waals surface area contributed by atoms with Crippen LogP contribution in [-0.4, -0.2) is 33.7 Å². The van der Waals surface area contributed by atoms with Crippen LogP contribution in [0, 0.1) is 0 Å². The maximum absolute atomic E-state index is 11.6. The molecule has 1 aromatic carbocycles. The van der Waals surface area contributed by atoms with Crippen molar-refractivity contribution >= 4 is 16.1 Å². The zero-order valence-electron chi connectivity index (χ0n) is 9.55. The van der Waals surface area contributed by atoms with Gasteiger partial charge in [-0.2, -0.15) is 0 Å². The third-order valence-corrected chi connectivity index (χ3v) is 4.86. The van der Waals surface area contributed by atoms with Gasteiger partial charge < -0.3 is 9.53 Å². The molecule has 1 aromatic rings. The van der Waals surface area contributed by atoms with Crippen molar-refractivity contribution < 1.29 is 17.9 Å². The predicted octanol–water partition coefficient (Wildman–Crippen LogP) is 0.947. The lowest BCUT2D eigenvalue weighted by atomic mass is 9.80. The summed E-state index contributed by atoms with van der Waals surface area (Å²) in [5, 5.41) is 0. The minimum Gasteiger partial charge on any atom is -0.379 e. The van der Waals surface area contributed by atoms with Gasteiger partial charge in [0.25, 0.3) is 0 Å². The molecule has 2 rings (SSSR count). The van der Waals surface area contributed by atoms with Gasteiger partial charge in [0.15, 0.2) is 9.84 Å². The van der Waals surface area contributed by atoms with Gasteiger partial charge >= 0.3 is 0 Å². The molecule has 4 nitrogen and oxygen atoms in total. The Morgan fingerprint density at radius 3 is 2.24 bits per heavy atom. The van der Waals surface area contributed by atoms with Gasteiger partial charge in [0.05, 0.1) is 29.3 Å². The van der Waals surface area contributed by atoms with E-state index in [0.29, 0.717) is 18.1 Å². The average molecular weight is 254 g/mol. The van der Waals surface area contributed by atoms with E-state index in [1.54, 1.807) is 31.2 Å². The highest BCUT2D eigenvalue weighted by Gasteiger charge is 2.40. The lowest BCUT2D eigenvalue weighted by molar-refractivity contribution is -0.129. The van der Waals surface area contributed by atoms with Crippen LogP contribution >= 0.6 is 0 Å². The molecule has 1 aliphatic heterocycles. The maximum atomic E-state index is 11.6. The fraction of sp³-hybridized carbons (Fsp3) is 0.417. The minimum absolute atomic E-state index is 0.0777. The third kappa shape index (κ3) is 2.00. The van der Waals surface area contributed by atoms with Crippen LogP contribution < -0.4 is 0 Å². The Bertz CT molecular complexity index is 512. The number of sulfone groups is 1. The zero-order valence-corrected chi connectivity index (χ0v) is 10.4. The molecule has 92 valence electrons. The lowest BCUT2D eigenvalue weighted by Crippen LogP contribution is -2.48. The van der Waals surface area contributed by atoms with Crippen molar-refractivity contribution in [2.45, 2.75) is 17.2 Å². The van der Waals surface area contributed by atoms with Crippen LogP contribution in [0.25, 0.3) is 0 Å². The molecule has 0 aliphatic carbocycles. The Morgan fingerprint density at radius 1 is 1.29 bits per heavy atom. The number of aldehydes is 1. The first-order valence-corrected chi connectivity index (χ1v) is 7.07. The number of benzene rings is 1. The van der Waals surface area contributed by atoms with E-state index in [2.05, 4.69) is 0 Å². The van der Waals surface area contributed by atoms with E-state index >= 15 is 0 Å². The summed E-state index contributed by atoms with van der Waals surface area (Å²) < 4.78 is 28.3. The number of carbonyl (C=O) groups excluding carboxylic acids is 1. The van der Waals surface area contributed by atoms with Gasteiger partial charge in [-0.15, -0.1) is 0 Å². The summed E-state index contributed by atoms with van der Waals surface area (Å²) in [4.78, 5) is 11.3. The van der Waals surface area contributed by atoms with Gasteiger partial charge in [-0.3, -0.25) is 0 Å². The fourth-order valence-corrected chi connectivity index (χ4v) is 2.67. The Labute approximate surface area is 101 Å². The molecule has 1 fully saturated rings. The molecule has 1 saturated heterocycles. The highest BCUT2D eigenvalue weighted by atomic mass is 32.2. The molecule has 5 heteroatoms. The second-order valence-corrected chi connectivity index (χ2v) is 6.47. The van der Waals surface area contributed by atoms with E-state index in [1.165, 1.54) is 0 Å². The summed E-state index contributed by atoms with van der Waals surface area (Å²) in [6.07, 6.45) is 0.875. The second kappa shape index (κ2) is 4.23. The monoisotopic (exact) mass is 254 g/mol. The largest absolute Gasteiger partial charge is 0.379 e. The summed E-state index contributed by atoms with van der Waals surface area (Å²) >= 11 is 0. The second-order valence-electron chi connectivity index (χ2n) is 4.19. The smallest absolute Gasteiger partial charge is 0.178 e. The number of hydrogen-bond donors (Lipinski definition) is 0. The number of hydrogen-bond acceptors (Lipinski definition) is 4. The highest BCUT2D eigenvalue weighted by molar-refractivity contribution is 7.91. The molecule has 17 heavy (non-hydrogen) atoms. The molecule has 1 aliphatic rings. The van der Waals surface area contributed by atoms with Crippen LogP contribution in [0.15, 0.2) is 29.2 Å². The molecule has 0 bridgehead atoms. The summed E-state index contributed by atoms with van der Waals surface area (Å²) in [5.74, 6) is 0.0777. The lowest BCUT2D eigenvalue weighted by Gasteiger charge is -2.36. The van der Waals surface area contributed by atoms with E-state index < -0.39 is 15.3 Å². The van der Waals surface area contributed by atoms with Gasteiger partial charge in [-0.05, 0) is 17.7 Å². The van der Waals surface area contributed by atoms with E-state index in [9.17, 15) is 13.2 Å². The van der Waals surface area contributed by atoms with Crippen LogP contribution in [0.5, 0.6) is 0 Å². The Hall–Kier alpha value is -1.20. The van der Waals surface area contributed by atoms with E-state index in [4.69, 9.17) is 4.74 Å². The standard InChI is InChI=1S/C12H14O4S/c1-2-17(14,15)11-5-3-10(4-6-11)12(7-13)8-16-9-12/h3-7H,2,8-9H2,1H3. The molecule has 0 unspecified atom stereocenters. The van der Waals surface area contributed by atoms with E-state index in [0.717, 1.165) is 11.8 Å². The number of carbonyl (C=O) groups is 1. The van der Waals surface area contributed by atoms with Gasteiger partial charge in [0.2, 0.25) is 0 Å². The van der Waals surface area contributed by atoms with Gasteiger partial charge in [0.1, 0.15) is 6.29 Å². The molecule has 0 saturated carbocycles. The van der Waals surface area contributed by atoms with Crippen LogP contribution in [0.2, 0.25) is 0 Å². The minimum atomic E-state index is -3.18. The Balaban J connectivity index is 2.34. The molecule has 0 spiro atoms. The zero-order chi connectivity index (χ0) is 12.5. The van der Waals surface area contributed by atoms with Crippen molar-refractivity contribution in [2.75, 3.05) is 19.0 Å². The van der Waals surface area contributed by atoms with Gasteiger partial charge in [0, 0.05) is 0 Å². The van der Waals surface area contributed by atoms with Gasteiger partial charge in [-0.1, -0.05) is 19.1 Å². The first-order chi connectivity index (χ1) is 8.04. The first kappa shape index (κ1) is 12.3. The van der Waals surface area contributed by atoms with Crippen molar-refractivity contribution in [1.82, 2.24) is 0 Å². The summed E-state index contributed by atoms with van der Waals surface area (Å²) in [5.41, 5.74) is 0.239. The number of ether oxygens (including phenoxy) is 1.